The molecule has 7 heteroatoms. The van der Waals surface area contributed by atoms with Crippen LogP contribution in [0.1, 0.15) is 27.2 Å². The van der Waals surface area contributed by atoms with Gasteiger partial charge in [-0.15, -0.1) is 0 Å². The molecule has 0 saturated carbocycles. The Morgan fingerprint density at radius 2 is 1.73 bits per heavy atom. The number of amides is 2. The summed E-state index contributed by atoms with van der Waals surface area (Å²) in [6.45, 7) is 1.40. The van der Waals surface area contributed by atoms with Crippen molar-refractivity contribution in [3.8, 4) is 0 Å². The zero-order valence-electron chi connectivity index (χ0n) is 16.6. The lowest BCUT2D eigenvalue weighted by atomic mass is 10.1. The Bertz CT molecular complexity index is 1000. The van der Waals surface area contributed by atoms with Crippen LogP contribution in [0.3, 0.4) is 0 Å². The van der Waals surface area contributed by atoms with Crippen molar-refractivity contribution >= 4 is 11.8 Å². The van der Waals surface area contributed by atoms with E-state index in [1.165, 1.54) is 0 Å². The van der Waals surface area contributed by atoms with Gasteiger partial charge in [-0.25, -0.2) is 0 Å². The molecule has 1 aliphatic heterocycles. The summed E-state index contributed by atoms with van der Waals surface area (Å²) in [5.74, 6) is -0.324. The van der Waals surface area contributed by atoms with Crippen LogP contribution in [-0.2, 0) is 35.6 Å². The SMILES string of the molecule is O=C(COCc1ccccc1)NC1Cc2c(C(=O)NCc3ccccc3)cnn2C1. The Morgan fingerprint density at radius 3 is 2.47 bits per heavy atom. The molecule has 0 saturated heterocycles. The second kappa shape index (κ2) is 9.37. The summed E-state index contributed by atoms with van der Waals surface area (Å²) in [4.78, 5) is 24.8. The van der Waals surface area contributed by atoms with Crippen LogP contribution in [0.2, 0.25) is 0 Å². The Morgan fingerprint density at radius 1 is 1.03 bits per heavy atom. The molecule has 154 valence electrons. The molecule has 0 bridgehead atoms. The van der Waals surface area contributed by atoms with E-state index >= 15 is 0 Å². The zero-order chi connectivity index (χ0) is 20.8. The van der Waals surface area contributed by atoms with Gasteiger partial charge in [-0.05, 0) is 11.1 Å². The van der Waals surface area contributed by atoms with Gasteiger partial charge in [-0.2, -0.15) is 5.10 Å². The number of benzene rings is 2. The smallest absolute Gasteiger partial charge is 0.255 e. The van der Waals surface area contributed by atoms with Crippen molar-refractivity contribution in [2.24, 2.45) is 0 Å². The van der Waals surface area contributed by atoms with Gasteiger partial charge in [0.25, 0.3) is 5.91 Å². The highest BCUT2D eigenvalue weighted by atomic mass is 16.5. The summed E-state index contributed by atoms with van der Waals surface area (Å²) >= 11 is 0. The van der Waals surface area contributed by atoms with Crippen molar-refractivity contribution in [2.75, 3.05) is 6.61 Å². The molecule has 3 aromatic rings. The van der Waals surface area contributed by atoms with Crippen LogP contribution in [0, 0.1) is 0 Å². The number of hydrogen-bond donors (Lipinski definition) is 2. The van der Waals surface area contributed by atoms with Gasteiger partial charge >= 0.3 is 0 Å². The third kappa shape index (κ3) is 4.93. The second-order valence-corrected chi connectivity index (χ2v) is 7.30. The molecule has 1 unspecified atom stereocenters. The Hall–Kier alpha value is -3.45. The molecule has 2 N–H and O–H groups in total. The molecule has 7 nitrogen and oxygen atoms in total. The van der Waals surface area contributed by atoms with Crippen molar-refractivity contribution in [3.63, 3.8) is 0 Å². The maximum Gasteiger partial charge on any atom is 0.255 e. The molecule has 1 aromatic heterocycles. The van der Waals surface area contributed by atoms with Crippen molar-refractivity contribution in [1.29, 1.82) is 0 Å². The normalized spacial score (nSPS) is 14.9. The molecule has 30 heavy (non-hydrogen) atoms. The zero-order valence-corrected chi connectivity index (χ0v) is 16.6. The molecule has 4 rings (SSSR count). The maximum absolute atomic E-state index is 12.6. The Labute approximate surface area is 175 Å². The summed E-state index contributed by atoms with van der Waals surface area (Å²) in [7, 11) is 0. The van der Waals surface area contributed by atoms with Gasteiger partial charge in [-0.1, -0.05) is 60.7 Å². The first-order chi connectivity index (χ1) is 14.7. The first-order valence-corrected chi connectivity index (χ1v) is 9.97. The van der Waals surface area contributed by atoms with E-state index in [1.807, 2.05) is 60.7 Å². The van der Waals surface area contributed by atoms with Crippen molar-refractivity contribution in [1.82, 2.24) is 20.4 Å². The van der Waals surface area contributed by atoms with Gasteiger partial charge in [0.15, 0.2) is 0 Å². The van der Waals surface area contributed by atoms with Gasteiger partial charge in [0, 0.05) is 13.0 Å². The summed E-state index contributed by atoms with van der Waals surface area (Å²) in [5.41, 5.74) is 3.46. The predicted molar refractivity (Wildman–Crippen MR) is 112 cm³/mol. The fraction of sp³-hybridized carbons (Fsp3) is 0.261. The summed E-state index contributed by atoms with van der Waals surface area (Å²) < 4.78 is 7.27. The lowest BCUT2D eigenvalue weighted by molar-refractivity contribution is -0.126. The number of nitrogens with one attached hydrogen (secondary N) is 2. The summed E-state index contributed by atoms with van der Waals surface area (Å²) in [5, 5.41) is 10.2. The van der Waals surface area contributed by atoms with E-state index in [0.717, 1.165) is 16.8 Å². The topological polar surface area (TPSA) is 85.2 Å². The highest BCUT2D eigenvalue weighted by Gasteiger charge is 2.28. The van der Waals surface area contributed by atoms with E-state index in [2.05, 4.69) is 15.7 Å². The van der Waals surface area contributed by atoms with Crippen LogP contribution in [0.5, 0.6) is 0 Å². The first kappa shape index (κ1) is 19.8. The summed E-state index contributed by atoms with van der Waals surface area (Å²) in [6, 6.07) is 19.4. The average Bonchev–Trinajstić information content (AvgIpc) is 3.33. The van der Waals surface area contributed by atoms with Crippen LogP contribution in [-0.4, -0.2) is 34.2 Å². The van der Waals surface area contributed by atoms with Crippen molar-refractivity contribution in [2.45, 2.75) is 32.2 Å². The lowest BCUT2D eigenvalue weighted by Gasteiger charge is -2.12. The quantitative estimate of drug-likeness (QED) is 0.602. The number of hydrogen-bond acceptors (Lipinski definition) is 4. The molecular formula is C23H24N4O3. The average molecular weight is 404 g/mol. The number of nitrogens with zero attached hydrogens (tertiary/aromatic N) is 2. The first-order valence-electron chi connectivity index (χ1n) is 9.97. The van der Waals surface area contributed by atoms with Gasteiger partial charge < -0.3 is 15.4 Å². The molecule has 1 atom stereocenters. The number of ether oxygens (including phenoxy) is 1. The minimum absolute atomic E-state index is 0.00186. The fourth-order valence-corrected chi connectivity index (χ4v) is 3.55. The van der Waals surface area contributed by atoms with Crippen LogP contribution < -0.4 is 10.6 Å². The molecule has 2 heterocycles. The monoisotopic (exact) mass is 404 g/mol. The Kier molecular flexibility index (Phi) is 6.20. The molecule has 0 fully saturated rings. The maximum atomic E-state index is 12.6. The van der Waals surface area contributed by atoms with Crippen LogP contribution in [0.25, 0.3) is 0 Å². The van der Waals surface area contributed by atoms with Gasteiger partial charge in [0.05, 0.1) is 36.6 Å². The second-order valence-electron chi connectivity index (χ2n) is 7.30. The minimum Gasteiger partial charge on any atom is -0.367 e. The van der Waals surface area contributed by atoms with E-state index in [0.29, 0.717) is 31.7 Å². The minimum atomic E-state index is -0.170. The van der Waals surface area contributed by atoms with Crippen LogP contribution >= 0.6 is 0 Å². The highest BCUT2D eigenvalue weighted by Crippen LogP contribution is 2.19. The number of fused-ring (bicyclic) bond motifs is 1. The van der Waals surface area contributed by atoms with E-state index in [1.54, 1.807) is 10.9 Å². The fourth-order valence-electron chi connectivity index (χ4n) is 3.55. The van der Waals surface area contributed by atoms with Crippen LogP contribution in [0.15, 0.2) is 66.9 Å². The standard InChI is InChI=1S/C23H24N4O3/c28-22(16-30-15-18-9-5-2-6-10-18)26-19-11-21-20(13-25-27(21)14-19)23(29)24-12-17-7-3-1-4-8-17/h1-10,13,19H,11-12,14-16H2,(H,24,29)(H,26,28). The summed E-state index contributed by atoms with van der Waals surface area (Å²) in [6.07, 6.45) is 2.16. The van der Waals surface area contributed by atoms with Crippen LogP contribution in [0.4, 0.5) is 0 Å². The molecule has 2 amide bonds. The number of rotatable bonds is 8. The number of aromatic nitrogens is 2. The molecule has 0 aliphatic carbocycles. The van der Waals surface area contributed by atoms with Gasteiger partial charge in [0.1, 0.15) is 6.61 Å². The molecular weight excluding hydrogens is 380 g/mol. The Balaban J connectivity index is 1.25. The third-order valence-corrected chi connectivity index (χ3v) is 5.03. The molecule has 0 spiro atoms. The highest BCUT2D eigenvalue weighted by molar-refractivity contribution is 5.95. The third-order valence-electron chi connectivity index (χ3n) is 5.03. The lowest BCUT2D eigenvalue weighted by Crippen LogP contribution is -2.38. The van der Waals surface area contributed by atoms with E-state index in [4.69, 9.17) is 4.74 Å². The largest absolute Gasteiger partial charge is 0.367 e. The van der Waals surface area contributed by atoms with Crippen molar-refractivity contribution < 1.29 is 14.3 Å². The number of carbonyl (C=O) groups excluding carboxylic acids is 2. The molecule has 1 aliphatic rings. The van der Waals surface area contributed by atoms with Crippen molar-refractivity contribution in [3.05, 3.63) is 89.2 Å². The number of carbonyl (C=O) groups is 2. The van der Waals surface area contributed by atoms with Gasteiger partial charge in [-0.3, -0.25) is 14.3 Å². The molecule has 0 radical (unpaired) electrons. The predicted octanol–water partition coefficient (Wildman–Crippen LogP) is 2.07. The van der Waals surface area contributed by atoms with E-state index in [9.17, 15) is 9.59 Å². The molecule has 2 aromatic carbocycles. The van der Waals surface area contributed by atoms with E-state index < -0.39 is 0 Å². The van der Waals surface area contributed by atoms with Gasteiger partial charge in [0.2, 0.25) is 5.91 Å². The van der Waals surface area contributed by atoms with E-state index in [-0.39, 0.29) is 24.5 Å².